The average Bonchev–Trinajstić information content (AvgIpc) is 2.71. The van der Waals surface area contributed by atoms with Crippen molar-refractivity contribution in [3.05, 3.63) is 0 Å². The molecule has 0 aliphatic heterocycles. The molecule has 0 N–H and O–H groups in total. The number of rotatable bonds is 22. The largest absolute Gasteiger partial charge is 0.353 e. The standard InChI is InChI=1S/C22H50O4Si2/c1-6-11-12-13-22(27-18-20(23-14-7-2)24-15-8-3)28-19-21(25-16-9-4)26-17-10-5/h20-22H,6-19,27-28H2,1-5H3. The summed E-state index contributed by atoms with van der Waals surface area (Å²) in [6.45, 7) is 14.2. The molecular weight excluding hydrogens is 384 g/mol. The molecule has 0 unspecified atom stereocenters. The van der Waals surface area contributed by atoms with Gasteiger partial charge in [-0.1, -0.05) is 65.5 Å². The van der Waals surface area contributed by atoms with Gasteiger partial charge in [0, 0.05) is 45.5 Å². The first-order valence-electron chi connectivity index (χ1n) is 12.2. The lowest BCUT2D eigenvalue weighted by atomic mass is 10.2. The lowest BCUT2D eigenvalue weighted by molar-refractivity contribution is -0.130. The minimum Gasteiger partial charge on any atom is -0.353 e. The second-order valence-electron chi connectivity index (χ2n) is 7.86. The summed E-state index contributed by atoms with van der Waals surface area (Å²) in [6.07, 6.45) is 9.79. The lowest BCUT2D eigenvalue weighted by Crippen LogP contribution is -2.26. The SMILES string of the molecule is CCCCCC([SiH2]CC(OCCC)OCCC)[SiH2]CC(OCCC)OCCC. The van der Waals surface area contributed by atoms with Gasteiger partial charge in [0.15, 0.2) is 12.6 Å². The fourth-order valence-electron chi connectivity index (χ4n) is 3.29. The first kappa shape index (κ1) is 28.3. The molecule has 0 spiro atoms. The van der Waals surface area contributed by atoms with Crippen molar-refractivity contribution >= 4 is 19.0 Å². The van der Waals surface area contributed by atoms with Crippen LogP contribution < -0.4 is 0 Å². The predicted octanol–water partition coefficient (Wildman–Crippen LogP) is 4.85. The summed E-state index contributed by atoms with van der Waals surface area (Å²) >= 11 is 0. The van der Waals surface area contributed by atoms with E-state index in [1.807, 2.05) is 0 Å². The van der Waals surface area contributed by atoms with Crippen LogP contribution in [0.2, 0.25) is 17.3 Å². The Morgan fingerprint density at radius 2 is 0.929 bits per heavy atom. The summed E-state index contributed by atoms with van der Waals surface area (Å²) < 4.78 is 23.9. The van der Waals surface area contributed by atoms with E-state index in [2.05, 4.69) is 34.6 Å². The lowest BCUT2D eigenvalue weighted by Gasteiger charge is -2.24. The van der Waals surface area contributed by atoms with E-state index in [-0.39, 0.29) is 31.6 Å². The Labute approximate surface area is 180 Å². The summed E-state index contributed by atoms with van der Waals surface area (Å²) in [7, 11) is -0.373. The Bertz CT molecular complexity index is 268. The molecule has 0 fully saturated rings. The zero-order valence-corrected chi connectivity index (χ0v) is 22.5. The Balaban J connectivity index is 4.56. The predicted molar refractivity (Wildman–Crippen MR) is 127 cm³/mol. The third-order valence-corrected chi connectivity index (χ3v) is 11.4. The molecular formula is C22H50O4Si2. The molecule has 28 heavy (non-hydrogen) atoms. The van der Waals surface area contributed by atoms with Gasteiger partial charge in [-0.3, -0.25) is 0 Å². The molecule has 6 heteroatoms. The molecule has 0 heterocycles. The van der Waals surface area contributed by atoms with Gasteiger partial charge in [0.2, 0.25) is 0 Å². The van der Waals surface area contributed by atoms with Crippen LogP contribution in [0.3, 0.4) is 0 Å². The summed E-state index contributed by atoms with van der Waals surface area (Å²) in [5.74, 6) is 0. The fraction of sp³-hybridized carbons (Fsp3) is 1.00. The van der Waals surface area contributed by atoms with E-state index in [9.17, 15) is 0 Å². The Hall–Kier alpha value is 0.274. The second-order valence-corrected chi connectivity index (χ2v) is 13.6. The van der Waals surface area contributed by atoms with Crippen molar-refractivity contribution in [2.75, 3.05) is 26.4 Å². The van der Waals surface area contributed by atoms with Crippen molar-refractivity contribution in [2.24, 2.45) is 0 Å². The highest BCUT2D eigenvalue weighted by atomic mass is 28.3. The van der Waals surface area contributed by atoms with Crippen LogP contribution in [0.25, 0.3) is 0 Å². The van der Waals surface area contributed by atoms with Gasteiger partial charge >= 0.3 is 0 Å². The van der Waals surface area contributed by atoms with Gasteiger partial charge < -0.3 is 18.9 Å². The van der Waals surface area contributed by atoms with E-state index in [0.717, 1.165) is 57.3 Å². The van der Waals surface area contributed by atoms with Crippen LogP contribution in [0.1, 0.15) is 86.0 Å². The molecule has 0 aromatic carbocycles. The molecule has 4 nitrogen and oxygen atoms in total. The molecule has 170 valence electrons. The number of hydrogen-bond acceptors (Lipinski definition) is 4. The highest BCUT2D eigenvalue weighted by molar-refractivity contribution is 6.59. The Morgan fingerprint density at radius 3 is 1.25 bits per heavy atom. The van der Waals surface area contributed by atoms with Crippen LogP contribution in [0.4, 0.5) is 0 Å². The normalized spacial score (nSPS) is 13.8. The van der Waals surface area contributed by atoms with Gasteiger partial charge in [-0.2, -0.15) is 0 Å². The molecule has 0 amide bonds. The van der Waals surface area contributed by atoms with Crippen molar-refractivity contribution in [1.29, 1.82) is 0 Å². The molecule has 0 bridgehead atoms. The monoisotopic (exact) mass is 434 g/mol. The zero-order valence-electron chi connectivity index (χ0n) is 19.7. The van der Waals surface area contributed by atoms with E-state index in [4.69, 9.17) is 18.9 Å². The number of hydrogen-bond donors (Lipinski definition) is 0. The highest BCUT2D eigenvalue weighted by Gasteiger charge is 2.18. The van der Waals surface area contributed by atoms with Crippen LogP contribution in [-0.4, -0.2) is 58.0 Å². The third kappa shape index (κ3) is 17.2. The molecule has 0 aliphatic carbocycles. The molecule has 0 rings (SSSR count). The van der Waals surface area contributed by atoms with Gasteiger partial charge in [-0.05, 0) is 37.8 Å². The van der Waals surface area contributed by atoms with E-state index >= 15 is 0 Å². The van der Waals surface area contributed by atoms with Crippen LogP contribution in [0.15, 0.2) is 0 Å². The molecule has 0 saturated carbocycles. The number of unbranched alkanes of at least 4 members (excludes halogenated alkanes) is 2. The smallest absolute Gasteiger partial charge is 0.154 e. The third-order valence-electron chi connectivity index (χ3n) is 4.87. The van der Waals surface area contributed by atoms with E-state index in [1.165, 1.54) is 37.8 Å². The quantitative estimate of drug-likeness (QED) is 0.139. The van der Waals surface area contributed by atoms with Crippen LogP contribution >= 0.6 is 0 Å². The minimum absolute atomic E-state index is 0.0396. The Morgan fingerprint density at radius 1 is 0.536 bits per heavy atom. The molecule has 0 radical (unpaired) electrons. The maximum absolute atomic E-state index is 5.98. The van der Waals surface area contributed by atoms with Gasteiger partial charge in [0.1, 0.15) is 0 Å². The zero-order chi connectivity index (χ0) is 20.9. The molecule has 0 aromatic heterocycles. The van der Waals surface area contributed by atoms with Crippen molar-refractivity contribution in [1.82, 2.24) is 0 Å². The van der Waals surface area contributed by atoms with Gasteiger partial charge in [-0.15, -0.1) is 0 Å². The summed E-state index contributed by atoms with van der Waals surface area (Å²) in [6, 6.07) is 2.33. The van der Waals surface area contributed by atoms with Crippen molar-refractivity contribution in [3.8, 4) is 0 Å². The van der Waals surface area contributed by atoms with Crippen LogP contribution in [-0.2, 0) is 18.9 Å². The Kier molecular flexibility index (Phi) is 22.2. The average molecular weight is 435 g/mol. The van der Waals surface area contributed by atoms with Gasteiger partial charge in [0.25, 0.3) is 0 Å². The fourth-order valence-corrected chi connectivity index (χ4v) is 9.16. The number of ether oxygens (including phenoxy) is 4. The minimum atomic E-state index is -0.187. The second kappa shape index (κ2) is 22.0. The van der Waals surface area contributed by atoms with Crippen molar-refractivity contribution in [3.63, 3.8) is 0 Å². The molecule has 0 atom stereocenters. The van der Waals surface area contributed by atoms with Gasteiger partial charge in [0.05, 0.1) is 0 Å². The van der Waals surface area contributed by atoms with E-state index in [0.29, 0.717) is 0 Å². The van der Waals surface area contributed by atoms with Crippen molar-refractivity contribution in [2.45, 2.75) is 116 Å². The molecule has 0 aliphatic rings. The molecule has 0 aromatic rings. The maximum Gasteiger partial charge on any atom is 0.154 e. The van der Waals surface area contributed by atoms with E-state index < -0.39 is 0 Å². The topological polar surface area (TPSA) is 36.9 Å². The van der Waals surface area contributed by atoms with E-state index in [1.54, 1.807) is 0 Å². The summed E-state index contributed by atoms with van der Waals surface area (Å²) in [5.41, 5.74) is 0. The highest BCUT2D eigenvalue weighted by Crippen LogP contribution is 2.20. The molecule has 0 saturated heterocycles. The van der Waals surface area contributed by atoms with Gasteiger partial charge in [-0.25, -0.2) is 0 Å². The first-order valence-corrected chi connectivity index (χ1v) is 15.8. The van der Waals surface area contributed by atoms with Crippen LogP contribution in [0, 0.1) is 0 Å². The summed E-state index contributed by atoms with van der Waals surface area (Å²) in [5, 5.41) is 0.974. The van der Waals surface area contributed by atoms with Crippen molar-refractivity contribution < 1.29 is 18.9 Å². The maximum atomic E-state index is 5.98. The van der Waals surface area contributed by atoms with Crippen LogP contribution in [0.5, 0.6) is 0 Å². The summed E-state index contributed by atoms with van der Waals surface area (Å²) in [4.78, 5) is 0. The first-order chi connectivity index (χ1) is 13.7.